The maximum atomic E-state index is 13.1. The Bertz CT molecular complexity index is 261. The van der Waals surface area contributed by atoms with Crippen molar-refractivity contribution in [3.63, 3.8) is 0 Å². The van der Waals surface area contributed by atoms with Crippen LogP contribution in [-0.2, 0) is 9.47 Å². The van der Waals surface area contributed by atoms with Crippen LogP contribution in [0.1, 0.15) is 12.8 Å². The highest BCUT2D eigenvalue weighted by Gasteiger charge is 2.64. The van der Waals surface area contributed by atoms with Gasteiger partial charge in [-0.05, 0) is 6.42 Å². The second kappa shape index (κ2) is 4.64. The fraction of sp³-hybridized carbons (Fsp3) is 1.00. The van der Waals surface area contributed by atoms with Crippen molar-refractivity contribution in [1.82, 2.24) is 0 Å². The summed E-state index contributed by atoms with van der Waals surface area (Å²) in [6.07, 6.45) is -6.96. The molecule has 0 N–H and O–H groups in total. The Morgan fingerprint density at radius 2 is 1.88 bits per heavy atom. The summed E-state index contributed by atoms with van der Waals surface area (Å²) < 4.78 is 84.6. The molecule has 1 aliphatic rings. The highest BCUT2D eigenvalue weighted by Crippen LogP contribution is 2.47. The first-order valence-corrected chi connectivity index (χ1v) is 4.88. The lowest BCUT2D eigenvalue weighted by molar-refractivity contribution is -0.334. The van der Waals surface area contributed by atoms with Crippen molar-refractivity contribution in [2.75, 3.05) is 20.4 Å². The summed E-state index contributed by atoms with van der Waals surface area (Å²) in [5.74, 6) is -8.89. The van der Waals surface area contributed by atoms with E-state index < -0.39 is 49.9 Å². The highest BCUT2D eigenvalue weighted by atomic mass is 19.4. The molecule has 0 aliphatic carbocycles. The molecule has 17 heavy (non-hydrogen) atoms. The van der Waals surface area contributed by atoms with Crippen LogP contribution >= 0.6 is 0 Å². The predicted molar refractivity (Wildman–Crippen MR) is 45.4 cm³/mol. The molecule has 0 radical (unpaired) electrons. The van der Waals surface area contributed by atoms with Crippen molar-refractivity contribution in [2.24, 2.45) is 5.92 Å². The van der Waals surface area contributed by atoms with Crippen LogP contribution in [-0.4, -0.2) is 38.3 Å². The molecule has 1 rings (SSSR count). The normalized spacial score (nSPS) is 31.6. The molecule has 0 amide bonds. The lowest BCUT2D eigenvalue weighted by Gasteiger charge is -2.40. The predicted octanol–water partition coefficient (Wildman–Crippen LogP) is 2.92. The van der Waals surface area contributed by atoms with Crippen LogP contribution in [0.3, 0.4) is 0 Å². The summed E-state index contributed by atoms with van der Waals surface area (Å²) in [7, 11) is 1.01. The van der Waals surface area contributed by atoms with Gasteiger partial charge >= 0.3 is 12.1 Å². The van der Waals surface area contributed by atoms with Gasteiger partial charge in [0.1, 0.15) is 6.67 Å². The molecule has 0 bridgehead atoms. The fourth-order valence-corrected chi connectivity index (χ4v) is 1.75. The minimum atomic E-state index is -5.65. The van der Waals surface area contributed by atoms with Crippen LogP contribution in [0, 0.1) is 5.92 Å². The van der Waals surface area contributed by atoms with E-state index in [0.29, 0.717) is 0 Å². The van der Waals surface area contributed by atoms with E-state index in [4.69, 9.17) is 4.74 Å². The van der Waals surface area contributed by atoms with E-state index in [1.165, 1.54) is 0 Å². The number of halogens is 6. The van der Waals surface area contributed by atoms with Crippen molar-refractivity contribution in [3.8, 4) is 0 Å². The van der Waals surface area contributed by atoms with Crippen LogP contribution in [0.15, 0.2) is 0 Å². The van der Waals surface area contributed by atoms with Gasteiger partial charge in [0.05, 0.1) is 6.61 Å². The van der Waals surface area contributed by atoms with E-state index in [0.717, 1.165) is 7.11 Å². The molecule has 0 saturated carbocycles. The molecule has 1 heterocycles. The smallest absolute Gasteiger partial charge is 0.351 e. The second-order valence-electron chi connectivity index (χ2n) is 3.91. The number of hydrogen-bond donors (Lipinski definition) is 0. The molecule has 8 heteroatoms. The second-order valence-corrected chi connectivity index (χ2v) is 3.91. The van der Waals surface area contributed by atoms with Gasteiger partial charge in [-0.15, -0.1) is 0 Å². The van der Waals surface area contributed by atoms with Crippen molar-refractivity contribution < 1.29 is 35.8 Å². The molecule has 0 aromatic heterocycles. The standard InChI is InChI=1S/C9H12F6O2/c1-16-7(5-10)4-6(2-3-17-7)8(11,12)9(13,14)15/h6H,2-5H2,1H3. The van der Waals surface area contributed by atoms with Crippen molar-refractivity contribution >= 4 is 0 Å². The highest BCUT2D eigenvalue weighted by molar-refractivity contribution is 4.90. The maximum Gasteiger partial charge on any atom is 0.453 e. The van der Waals surface area contributed by atoms with Gasteiger partial charge in [0, 0.05) is 19.4 Å². The molecule has 0 spiro atoms. The van der Waals surface area contributed by atoms with E-state index >= 15 is 0 Å². The summed E-state index contributed by atoms with van der Waals surface area (Å²) in [4.78, 5) is 0. The van der Waals surface area contributed by atoms with E-state index in [9.17, 15) is 26.3 Å². The molecule has 1 aliphatic heterocycles. The first-order valence-electron chi connectivity index (χ1n) is 4.88. The third-order valence-corrected chi connectivity index (χ3v) is 2.86. The van der Waals surface area contributed by atoms with Gasteiger partial charge in [0.25, 0.3) is 0 Å². The quantitative estimate of drug-likeness (QED) is 0.731. The third-order valence-electron chi connectivity index (χ3n) is 2.86. The summed E-state index contributed by atoms with van der Waals surface area (Å²) in [6, 6.07) is 0. The minimum absolute atomic E-state index is 0.395. The SMILES string of the molecule is COC1(CF)CC(C(F)(F)C(F)(F)F)CCO1. The van der Waals surface area contributed by atoms with Gasteiger partial charge in [-0.1, -0.05) is 0 Å². The Kier molecular flexibility index (Phi) is 3.97. The fourth-order valence-electron chi connectivity index (χ4n) is 1.75. The first kappa shape index (κ1) is 14.6. The minimum Gasteiger partial charge on any atom is -0.351 e. The van der Waals surface area contributed by atoms with Gasteiger partial charge < -0.3 is 9.47 Å². The molecule has 2 unspecified atom stereocenters. The summed E-state index contributed by atoms with van der Waals surface area (Å²) >= 11 is 0. The van der Waals surface area contributed by atoms with Gasteiger partial charge in [0.15, 0.2) is 5.79 Å². The van der Waals surface area contributed by atoms with E-state index in [2.05, 4.69) is 4.74 Å². The number of rotatable bonds is 3. The molecular formula is C9H12F6O2. The van der Waals surface area contributed by atoms with Gasteiger partial charge in [0.2, 0.25) is 0 Å². The van der Waals surface area contributed by atoms with E-state index in [1.54, 1.807) is 0 Å². The Hall–Kier alpha value is -0.500. The summed E-state index contributed by atoms with van der Waals surface area (Å²) in [6.45, 7) is -1.66. The molecule has 2 atom stereocenters. The molecule has 0 aromatic rings. The number of methoxy groups -OCH3 is 1. The number of alkyl halides is 6. The molecule has 0 aromatic carbocycles. The van der Waals surface area contributed by atoms with Crippen LogP contribution in [0.5, 0.6) is 0 Å². The van der Waals surface area contributed by atoms with Crippen LogP contribution < -0.4 is 0 Å². The van der Waals surface area contributed by atoms with Crippen molar-refractivity contribution in [2.45, 2.75) is 30.7 Å². The number of ether oxygens (including phenoxy) is 2. The van der Waals surface area contributed by atoms with Gasteiger partial charge in [-0.25, -0.2) is 4.39 Å². The lowest BCUT2D eigenvalue weighted by Crippen LogP contribution is -2.52. The Labute approximate surface area is 93.9 Å². The Morgan fingerprint density at radius 1 is 1.29 bits per heavy atom. The molecule has 102 valence electrons. The van der Waals surface area contributed by atoms with Crippen molar-refractivity contribution in [1.29, 1.82) is 0 Å². The zero-order valence-electron chi connectivity index (χ0n) is 8.99. The first-order chi connectivity index (χ1) is 7.68. The average Bonchev–Trinajstić information content (AvgIpc) is 2.27. The molecular weight excluding hydrogens is 254 g/mol. The van der Waals surface area contributed by atoms with Gasteiger partial charge in [-0.2, -0.15) is 22.0 Å². The Balaban J connectivity index is 2.86. The van der Waals surface area contributed by atoms with Crippen LogP contribution in [0.25, 0.3) is 0 Å². The average molecular weight is 266 g/mol. The zero-order valence-corrected chi connectivity index (χ0v) is 8.99. The van der Waals surface area contributed by atoms with Crippen LogP contribution in [0.4, 0.5) is 26.3 Å². The third kappa shape index (κ3) is 2.67. The van der Waals surface area contributed by atoms with E-state index in [-0.39, 0.29) is 0 Å². The zero-order chi connectivity index (χ0) is 13.3. The maximum absolute atomic E-state index is 13.1. The van der Waals surface area contributed by atoms with Crippen LogP contribution in [0.2, 0.25) is 0 Å². The molecule has 2 nitrogen and oxygen atoms in total. The Morgan fingerprint density at radius 3 is 2.29 bits per heavy atom. The topological polar surface area (TPSA) is 18.5 Å². The van der Waals surface area contributed by atoms with E-state index in [1.807, 2.05) is 0 Å². The van der Waals surface area contributed by atoms with Crippen molar-refractivity contribution in [3.05, 3.63) is 0 Å². The largest absolute Gasteiger partial charge is 0.453 e. The lowest BCUT2D eigenvalue weighted by atomic mass is 9.87. The summed E-state index contributed by atoms with van der Waals surface area (Å²) in [5.41, 5.74) is 0. The molecule has 1 saturated heterocycles. The van der Waals surface area contributed by atoms with Gasteiger partial charge in [-0.3, -0.25) is 0 Å². The summed E-state index contributed by atoms with van der Waals surface area (Å²) in [5, 5.41) is 0. The monoisotopic (exact) mass is 266 g/mol. The molecule has 1 fully saturated rings. The number of hydrogen-bond acceptors (Lipinski definition) is 2.